The van der Waals surface area contributed by atoms with Gasteiger partial charge in [0, 0.05) is 65.9 Å². The highest BCUT2D eigenvalue weighted by Gasteiger charge is 2.44. The molecular weight excluding hydrogens is 781 g/mol. The number of aromatic nitrogens is 4. The van der Waals surface area contributed by atoms with Crippen molar-refractivity contribution in [1.29, 1.82) is 0 Å². The summed E-state index contributed by atoms with van der Waals surface area (Å²) in [5.41, 5.74) is 3.83. The predicted octanol–water partition coefficient (Wildman–Crippen LogP) is 6.83. The Balaban J connectivity index is 0.731. The van der Waals surface area contributed by atoms with Crippen LogP contribution >= 0.6 is 0 Å². The van der Waals surface area contributed by atoms with Crippen molar-refractivity contribution in [3.05, 3.63) is 108 Å². The van der Waals surface area contributed by atoms with Gasteiger partial charge in [-0.25, -0.2) is 14.3 Å². The summed E-state index contributed by atoms with van der Waals surface area (Å²) < 4.78 is 25.5. The predicted molar refractivity (Wildman–Crippen MR) is 221 cm³/mol. The first kappa shape index (κ1) is 39.3. The first-order valence-electron chi connectivity index (χ1n) is 20.2. The van der Waals surface area contributed by atoms with E-state index in [0.29, 0.717) is 49.7 Å². The zero-order chi connectivity index (χ0) is 42.4. The third-order valence-corrected chi connectivity index (χ3v) is 10.9. The van der Waals surface area contributed by atoms with Gasteiger partial charge in [0.2, 0.25) is 17.7 Å². The van der Waals surface area contributed by atoms with Crippen LogP contribution in [0.4, 0.5) is 4.79 Å². The number of imide groups is 2. The van der Waals surface area contributed by atoms with Crippen LogP contribution in [0.25, 0.3) is 32.9 Å². The van der Waals surface area contributed by atoms with Crippen LogP contribution in [0.2, 0.25) is 0 Å². The second-order valence-corrected chi connectivity index (χ2v) is 16.4. The zero-order valence-electron chi connectivity index (χ0n) is 33.8. The quantitative estimate of drug-likeness (QED) is 0.106. The lowest BCUT2D eigenvalue weighted by Gasteiger charge is -2.34. The number of hydrogen-bond acceptors (Lipinski definition) is 12. The van der Waals surface area contributed by atoms with E-state index in [0.717, 1.165) is 43.5 Å². The maximum Gasteiger partial charge on any atom is 0.419 e. The van der Waals surface area contributed by atoms with E-state index in [1.807, 2.05) is 69.3 Å². The molecule has 61 heavy (non-hydrogen) atoms. The van der Waals surface area contributed by atoms with Gasteiger partial charge in [-0.2, -0.15) is 0 Å². The highest BCUT2D eigenvalue weighted by Crippen LogP contribution is 2.35. The van der Waals surface area contributed by atoms with Gasteiger partial charge < -0.3 is 18.9 Å². The maximum absolute atomic E-state index is 13.3. The number of hydrogen-bond donors (Lipinski definition) is 1. The maximum atomic E-state index is 13.3. The van der Waals surface area contributed by atoms with Crippen molar-refractivity contribution < 1.29 is 42.9 Å². The number of rotatable bonds is 11. The van der Waals surface area contributed by atoms with Crippen LogP contribution in [0.15, 0.2) is 91.5 Å². The topological polar surface area (TPSA) is 181 Å². The molecule has 310 valence electrons. The fourth-order valence-electron chi connectivity index (χ4n) is 7.85. The SMILES string of the molecule is CC(C)(C)OC(=O)n1c2ccncc2c2ccc(-c3ccc(O[C@H]4C[C@H](Oc5ccc(CCCOc6ccc7c(c6)C(=O)N(C6CCC(=O)NC6=O)C7=O)nc5)C4)nc3)cc21. The van der Waals surface area contributed by atoms with Crippen LogP contribution in [-0.4, -0.2) is 84.6 Å². The van der Waals surface area contributed by atoms with Crippen LogP contribution in [-0.2, 0) is 20.7 Å². The van der Waals surface area contributed by atoms with Crippen molar-refractivity contribution in [3.8, 4) is 28.5 Å². The van der Waals surface area contributed by atoms with E-state index in [1.165, 1.54) is 12.1 Å². The fraction of sp³-hybridized carbons (Fsp3) is 0.304. The molecule has 4 amide bonds. The van der Waals surface area contributed by atoms with Gasteiger partial charge in [0.05, 0.1) is 35.0 Å². The van der Waals surface area contributed by atoms with Crippen molar-refractivity contribution in [2.75, 3.05) is 6.61 Å². The van der Waals surface area contributed by atoms with Crippen molar-refractivity contribution in [2.24, 2.45) is 0 Å². The normalized spacial score (nSPS) is 18.8. The van der Waals surface area contributed by atoms with E-state index < -0.39 is 41.4 Å². The third-order valence-electron chi connectivity index (χ3n) is 10.9. The molecule has 3 aliphatic rings. The molecule has 2 aromatic carbocycles. The Morgan fingerprint density at radius 3 is 2.33 bits per heavy atom. The number of pyridine rings is 3. The molecule has 1 saturated heterocycles. The van der Waals surface area contributed by atoms with Gasteiger partial charge in [-0.1, -0.05) is 12.1 Å². The summed E-state index contributed by atoms with van der Waals surface area (Å²) >= 11 is 0. The smallest absolute Gasteiger partial charge is 0.419 e. The molecule has 1 atom stereocenters. The van der Waals surface area contributed by atoms with Crippen molar-refractivity contribution in [1.82, 2.24) is 29.7 Å². The molecule has 1 saturated carbocycles. The monoisotopic (exact) mass is 822 g/mol. The van der Waals surface area contributed by atoms with Gasteiger partial charge in [-0.15, -0.1) is 0 Å². The zero-order valence-corrected chi connectivity index (χ0v) is 33.8. The number of nitrogens with zero attached hydrogens (tertiary/aromatic N) is 5. The van der Waals surface area contributed by atoms with Gasteiger partial charge in [0.1, 0.15) is 35.3 Å². The van der Waals surface area contributed by atoms with Gasteiger partial charge in [0.25, 0.3) is 11.8 Å². The molecule has 2 fully saturated rings. The lowest BCUT2D eigenvalue weighted by Crippen LogP contribution is -2.54. The Morgan fingerprint density at radius 2 is 1.57 bits per heavy atom. The van der Waals surface area contributed by atoms with E-state index >= 15 is 0 Å². The minimum absolute atomic E-state index is 0.00502. The largest absolute Gasteiger partial charge is 0.494 e. The first-order chi connectivity index (χ1) is 29.4. The molecule has 1 unspecified atom stereocenters. The summed E-state index contributed by atoms with van der Waals surface area (Å²) in [5.74, 6) is -0.567. The Hall–Kier alpha value is -7.16. The lowest BCUT2D eigenvalue weighted by atomic mass is 9.92. The summed E-state index contributed by atoms with van der Waals surface area (Å²) in [5, 5.41) is 3.97. The number of fused-ring (bicyclic) bond motifs is 4. The second kappa shape index (κ2) is 15.8. The van der Waals surface area contributed by atoms with E-state index in [9.17, 15) is 24.0 Å². The third kappa shape index (κ3) is 7.98. The fourth-order valence-corrected chi connectivity index (χ4v) is 7.85. The first-order valence-corrected chi connectivity index (χ1v) is 20.2. The number of amides is 4. The molecule has 0 spiro atoms. The summed E-state index contributed by atoms with van der Waals surface area (Å²) in [6, 6.07) is 19.1. The van der Waals surface area contributed by atoms with E-state index in [4.69, 9.17) is 18.9 Å². The molecule has 1 N–H and O–H groups in total. The van der Waals surface area contributed by atoms with Crippen molar-refractivity contribution in [3.63, 3.8) is 0 Å². The van der Waals surface area contributed by atoms with Gasteiger partial charge in [-0.3, -0.25) is 39.4 Å². The number of ether oxygens (including phenoxy) is 4. The van der Waals surface area contributed by atoms with Gasteiger partial charge >= 0.3 is 6.09 Å². The van der Waals surface area contributed by atoms with E-state index in [2.05, 4.69) is 20.3 Å². The summed E-state index contributed by atoms with van der Waals surface area (Å²) in [7, 11) is 0. The van der Waals surface area contributed by atoms with E-state index in [-0.39, 0.29) is 36.2 Å². The molecule has 9 rings (SSSR count). The number of piperidine rings is 1. The molecule has 2 aliphatic heterocycles. The van der Waals surface area contributed by atoms with Crippen LogP contribution in [0.3, 0.4) is 0 Å². The van der Waals surface area contributed by atoms with Crippen LogP contribution in [0.1, 0.15) is 79.3 Å². The highest BCUT2D eigenvalue weighted by molar-refractivity contribution is 6.23. The number of benzene rings is 2. The summed E-state index contributed by atoms with van der Waals surface area (Å²) in [6.07, 6.45) is 9.31. The minimum atomic E-state index is -1.02. The Labute approximate surface area is 350 Å². The van der Waals surface area contributed by atoms with Crippen LogP contribution in [0, 0.1) is 0 Å². The van der Waals surface area contributed by atoms with Crippen LogP contribution < -0.4 is 19.5 Å². The number of aryl methyl sites for hydroxylation is 1. The molecule has 6 aromatic rings. The minimum Gasteiger partial charge on any atom is -0.494 e. The molecule has 15 heteroatoms. The average Bonchev–Trinajstić information content (AvgIpc) is 3.68. The second-order valence-electron chi connectivity index (χ2n) is 16.4. The van der Waals surface area contributed by atoms with Gasteiger partial charge in [0.15, 0.2) is 0 Å². The molecule has 0 bridgehead atoms. The van der Waals surface area contributed by atoms with Crippen molar-refractivity contribution >= 4 is 51.5 Å². The molecule has 1 aliphatic carbocycles. The summed E-state index contributed by atoms with van der Waals surface area (Å²) in [4.78, 5) is 77.6. The Kier molecular flexibility index (Phi) is 10.2. The molecule has 6 heterocycles. The molecule has 4 aromatic heterocycles. The van der Waals surface area contributed by atoms with Crippen LogP contribution in [0.5, 0.6) is 17.4 Å². The van der Waals surface area contributed by atoms with E-state index in [1.54, 1.807) is 35.4 Å². The number of carbonyl (C=O) groups is 5. The molecule has 15 nitrogen and oxygen atoms in total. The van der Waals surface area contributed by atoms with Gasteiger partial charge in [-0.05, 0) is 94.1 Å². The summed E-state index contributed by atoms with van der Waals surface area (Å²) in [6.45, 7) is 5.89. The number of carbonyl (C=O) groups excluding carboxylic acids is 5. The Morgan fingerprint density at radius 1 is 0.787 bits per heavy atom. The molecule has 0 radical (unpaired) electrons. The lowest BCUT2D eigenvalue weighted by molar-refractivity contribution is -0.136. The molecular formula is C46H42N6O9. The average molecular weight is 823 g/mol. The highest BCUT2D eigenvalue weighted by atomic mass is 16.6. The Bertz CT molecular complexity index is 2720. The van der Waals surface area contributed by atoms with Crippen molar-refractivity contribution in [2.45, 2.75) is 83.1 Å². The number of nitrogens with one attached hydrogen (secondary N) is 1. The standard InChI is InChI=1S/C46H42N6O9/c1-46(2,3)61-45(57)51-37-16-17-47-25-36(37)33-11-6-26(19-39(33)51)27-7-15-41(49-23-27)60-32-20-31(21-32)59-30-9-8-28(48-24-30)5-4-18-58-29-10-12-34-35(22-29)44(56)52(43(34)55)38-13-14-40(53)50-42(38)54/h6-12,15-17,19,22-25,31-32,38H,4-5,13-14,18,20-21H2,1-3H3,(H,50,53,54)/t31-,32-,38?.